The van der Waals surface area contributed by atoms with Gasteiger partial charge in [0.15, 0.2) is 0 Å². The van der Waals surface area contributed by atoms with Crippen molar-refractivity contribution in [3.63, 3.8) is 0 Å². The van der Waals surface area contributed by atoms with Gasteiger partial charge in [-0.3, -0.25) is 4.79 Å². The highest BCUT2D eigenvalue weighted by atomic mass is 35.5. The molecule has 0 aliphatic carbocycles. The van der Waals surface area contributed by atoms with E-state index < -0.39 is 5.82 Å². The SMILES string of the molecule is CN1C[C@@H]2COC[C@H](C1)N(C(=O)c1cc(F)ccc1OCCN)C2.Cl.Cl. The zero-order valence-electron chi connectivity index (χ0n) is 14.7. The smallest absolute Gasteiger partial charge is 0.258 e. The van der Waals surface area contributed by atoms with Crippen molar-refractivity contribution >= 4 is 30.7 Å². The van der Waals surface area contributed by atoms with Gasteiger partial charge in [-0.2, -0.15) is 0 Å². The molecule has 1 aromatic rings. The molecule has 2 aliphatic heterocycles. The van der Waals surface area contributed by atoms with Crippen molar-refractivity contribution in [2.24, 2.45) is 11.7 Å². The van der Waals surface area contributed by atoms with Crippen molar-refractivity contribution in [3.8, 4) is 5.75 Å². The number of nitrogens with zero attached hydrogens (tertiary/aromatic N) is 2. The topological polar surface area (TPSA) is 68.0 Å². The van der Waals surface area contributed by atoms with Gasteiger partial charge < -0.3 is 25.0 Å². The van der Waals surface area contributed by atoms with Crippen LogP contribution < -0.4 is 10.5 Å². The number of ether oxygens (including phenoxy) is 2. The Bertz CT molecular complexity index is 609. The van der Waals surface area contributed by atoms with Gasteiger partial charge in [0.25, 0.3) is 5.91 Å². The Morgan fingerprint density at radius 1 is 1.31 bits per heavy atom. The Balaban J connectivity index is 0.00000169. The molecular weight excluding hydrogens is 384 g/mol. The molecule has 0 aromatic heterocycles. The molecule has 0 spiro atoms. The summed E-state index contributed by atoms with van der Waals surface area (Å²) >= 11 is 0. The summed E-state index contributed by atoms with van der Waals surface area (Å²) in [5.74, 6) is -0.0322. The second-order valence-corrected chi connectivity index (χ2v) is 6.51. The van der Waals surface area contributed by atoms with E-state index in [4.69, 9.17) is 15.2 Å². The average Bonchev–Trinajstić information content (AvgIpc) is 2.83. The first-order chi connectivity index (χ1) is 11.6. The molecule has 6 nitrogen and oxygen atoms in total. The number of hydrogen-bond donors (Lipinski definition) is 1. The standard InChI is InChI=1S/C17H24FN3O3.2ClH/c1-20-7-12-8-21(14(9-20)11-23-10-12)17(22)15-6-13(18)2-3-16(15)24-5-4-19;;/h2-3,6,12,14H,4-5,7-11,19H2,1H3;2*1H/t12-,14-;;/m0../s1. The summed E-state index contributed by atoms with van der Waals surface area (Å²) in [6.45, 7) is 4.00. The quantitative estimate of drug-likeness (QED) is 0.813. The number of likely N-dealkylation sites (N-methyl/N-ethyl adjacent to an activating group) is 1. The van der Waals surface area contributed by atoms with Crippen LogP contribution in [0.2, 0.25) is 0 Å². The van der Waals surface area contributed by atoms with Crippen molar-refractivity contribution in [1.29, 1.82) is 0 Å². The van der Waals surface area contributed by atoms with Gasteiger partial charge in [0.05, 0.1) is 24.8 Å². The van der Waals surface area contributed by atoms with Crippen LogP contribution in [0.1, 0.15) is 10.4 Å². The monoisotopic (exact) mass is 409 g/mol. The summed E-state index contributed by atoms with van der Waals surface area (Å²) in [5, 5.41) is 0. The Morgan fingerprint density at radius 3 is 2.81 bits per heavy atom. The number of rotatable bonds is 4. The first-order valence-electron chi connectivity index (χ1n) is 8.28. The number of hydrogen-bond acceptors (Lipinski definition) is 5. The fourth-order valence-electron chi connectivity index (χ4n) is 3.44. The number of fused-ring (bicyclic) bond motifs is 3. The molecule has 2 aliphatic rings. The van der Waals surface area contributed by atoms with Gasteiger partial charge >= 0.3 is 0 Å². The van der Waals surface area contributed by atoms with Crippen LogP contribution >= 0.6 is 24.8 Å². The van der Waals surface area contributed by atoms with Crippen LogP contribution in [0.4, 0.5) is 4.39 Å². The predicted octanol–water partition coefficient (Wildman–Crippen LogP) is 1.41. The highest BCUT2D eigenvalue weighted by molar-refractivity contribution is 5.97. The largest absolute Gasteiger partial charge is 0.491 e. The van der Waals surface area contributed by atoms with Crippen molar-refractivity contribution in [2.45, 2.75) is 6.04 Å². The van der Waals surface area contributed by atoms with E-state index in [1.807, 2.05) is 4.90 Å². The third kappa shape index (κ3) is 5.20. The first-order valence-corrected chi connectivity index (χ1v) is 8.28. The summed E-state index contributed by atoms with van der Waals surface area (Å²) in [6.07, 6.45) is 0. The lowest BCUT2D eigenvalue weighted by atomic mass is 10.1. The van der Waals surface area contributed by atoms with Gasteiger partial charge in [-0.25, -0.2) is 4.39 Å². The van der Waals surface area contributed by atoms with Crippen LogP contribution in [-0.2, 0) is 4.74 Å². The van der Waals surface area contributed by atoms with Crippen molar-refractivity contribution in [1.82, 2.24) is 9.80 Å². The van der Waals surface area contributed by atoms with Gasteiger partial charge in [0.2, 0.25) is 0 Å². The minimum atomic E-state index is -0.454. The van der Waals surface area contributed by atoms with E-state index in [0.717, 1.165) is 13.1 Å². The van der Waals surface area contributed by atoms with Crippen LogP contribution in [-0.4, -0.2) is 74.8 Å². The van der Waals surface area contributed by atoms with Gasteiger partial charge in [-0.05, 0) is 25.2 Å². The Kier molecular flexibility index (Phi) is 9.06. The van der Waals surface area contributed by atoms with E-state index in [1.54, 1.807) is 0 Å². The third-order valence-corrected chi connectivity index (χ3v) is 4.46. The molecule has 148 valence electrons. The van der Waals surface area contributed by atoms with Gasteiger partial charge in [-0.1, -0.05) is 0 Å². The Hall–Kier alpha value is -1.12. The molecule has 2 heterocycles. The van der Waals surface area contributed by atoms with Crippen LogP contribution in [0.15, 0.2) is 18.2 Å². The molecule has 2 N–H and O–H groups in total. The lowest BCUT2D eigenvalue weighted by Crippen LogP contribution is -2.46. The van der Waals surface area contributed by atoms with E-state index in [2.05, 4.69) is 11.9 Å². The zero-order chi connectivity index (χ0) is 17.1. The number of carbonyl (C=O) groups excluding carboxylic acids is 1. The Labute approximate surface area is 165 Å². The van der Waals surface area contributed by atoms with E-state index in [1.165, 1.54) is 18.2 Å². The number of carbonyl (C=O) groups is 1. The molecule has 2 atom stereocenters. The molecule has 2 bridgehead atoms. The summed E-state index contributed by atoms with van der Waals surface area (Å²) in [5.41, 5.74) is 5.71. The second kappa shape index (κ2) is 10.3. The lowest BCUT2D eigenvalue weighted by molar-refractivity contribution is 0.0481. The fourth-order valence-corrected chi connectivity index (χ4v) is 3.44. The highest BCUT2D eigenvalue weighted by Crippen LogP contribution is 2.26. The second-order valence-electron chi connectivity index (χ2n) is 6.51. The lowest BCUT2D eigenvalue weighted by Gasteiger charge is -2.30. The minimum Gasteiger partial charge on any atom is -0.491 e. The van der Waals surface area contributed by atoms with Crippen LogP contribution in [0.5, 0.6) is 5.75 Å². The van der Waals surface area contributed by atoms with E-state index in [9.17, 15) is 9.18 Å². The molecule has 0 saturated carbocycles. The van der Waals surface area contributed by atoms with E-state index in [0.29, 0.717) is 32.1 Å². The molecule has 9 heteroatoms. The molecule has 0 radical (unpaired) electrons. The molecule has 1 amide bonds. The van der Waals surface area contributed by atoms with Crippen LogP contribution in [0, 0.1) is 11.7 Å². The fraction of sp³-hybridized carbons (Fsp3) is 0.588. The van der Waals surface area contributed by atoms with Crippen molar-refractivity contribution in [2.75, 3.05) is 53.0 Å². The number of nitrogens with two attached hydrogens (primary N) is 1. The molecular formula is C17H26Cl2FN3O3. The van der Waals surface area contributed by atoms with Crippen molar-refractivity contribution in [3.05, 3.63) is 29.6 Å². The maximum atomic E-state index is 13.7. The number of benzene rings is 1. The molecule has 0 unspecified atom stereocenters. The molecule has 2 saturated heterocycles. The zero-order valence-corrected chi connectivity index (χ0v) is 16.4. The average molecular weight is 410 g/mol. The van der Waals surface area contributed by atoms with Crippen LogP contribution in [0.25, 0.3) is 0 Å². The summed E-state index contributed by atoms with van der Waals surface area (Å²) < 4.78 is 25.0. The van der Waals surface area contributed by atoms with E-state index >= 15 is 0 Å². The minimum absolute atomic E-state index is 0. The maximum absolute atomic E-state index is 13.7. The van der Waals surface area contributed by atoms with Gasteiger partial charge in [0, 0.05) is 32.1 Å². The molecule has 2 fully saturated rings. The summed E-state index contributed by atoms with van der Waals surface area (Å²) in [6, 6.07) is 3.99. The van der Waals surface area contributed by atoms with E-state index in [-0.39, 0.29) is 54.9 Å². The number of halogens is 3. The molecule has 3 rings (SSSR count). The van der Waals surface area contributed by atoms with Gasteiger partial charge in [-0.15, -0.1) is 24.8 Å². The maximum Gasteiger partial charge on any atom is 0.258 e. The summed E-state index contributed by atoms with van der Waals surface area (Å²) in [4.78, 5) is 17.1. The summed E-state index contributed by atoms with van der Waals surface area (Å²) in [7, 11) is 2.05. The Morgan fingerprint density at radius 2 is 2.08 bits per heavy atom. The first kappa shape index (κ1) is 22.9. The van der Waals surface area contributed by atoms with Crippen molar-refractivity contribution < 1.29 is 18.7 Å². The molecule has 26 heavy (non-hydrogen) atoms. The third-order valence-electron chi connectivity index (χ3n) is 4.46. The number of amides is 1. The van der Waals surface area contributed by atoms with Crippen LogP contribution in [0.3, 0.4) is 0 Å². The van der Waals surface area contributed by atoms with Gasteiger partial charge in [0.1, 0.15) is 18.2 Å². The predicted molar refractivity (Wildman–Crippen MR) is 102 cm³/mol. The molecule has 1 aromatic carbocycles. The normalized spacial score (nSPS) is 22.7. The highest BCUT2D eigenvalue weighted by Gasteiger charge is 2.36.